The molecule has 0 saturated carbocycles. The van der Waals surface area contributed by atoms with Crippen LogP contribution < -0.4 is 31.3 Å². The van der Waals surface area contributed by atoms with Gasteiger partial charge in [-0.25, -0.2) is 36.3 Å². The quantitative estimate of drug-likeness (QED) is 0.0543. The number of nitrogens with two attached hydrogens (primary N) is 1. The van der Waals surface area contributed by atoms with Crippen LogP contribution in [-0.2, 0) is 17.7 Å². The lowest BCUT2D eigenvalue weighted by Gasteiger charge is -2.39. The van der Waals surface area contributed by atoms with Gasteiger partial charge in [0.1, 0.15) is 35.2 Å². The van der Waals surface area contributed by atoms with Crippen LogP contribution in [-0.4, -0.2) is 85.7 Å². The van der Waals surface area contributed by atoms with Crippen LogP contribution >= 0.6 is 7.14 Å². The Morgan fingerprint density at radius 3 is 2.35 bits per heavy atom. The number of benzene rings is 4. The molecule has 1 atom stereocenters. The van der Waals surface area contributed by atoms with E-state index in [1.165, 1.54) is 18.5 Å². The van der Waals surface area contributed by atoms with Crippen molar-refractivity contribution in [2.75, 3.05) is 36.8 Å². The number of allylic oxidation sites excluding steroid dienone is 5. The molecule has 3 aliphatic heterocycles. The number of ether oxygens (including phenoxy) is 1. The van der Waals surface area contributed by atoms with Gasteiger partial charge in [-0.05, 0) is 40.5 Å². The number of rotatable bonds is 10. The first-order chi connectivity index (χ1) is 31.3. The van der Waals surface area contributed by atoms with E-state index in [1.807, 2.05) is 0 Å². The molecule has 5 heterocycles. The van der Waals surface area contributed by atoms with E-state index in [9.17, 15) is 23.5 Å². The number of aromatic amines is 1. The Balaban J connectivity index is 1.05. The van der Waals surface area contributed by atoms with Crippen LogP contribution in [0.2, 0.25) is 0 Å². The number of aromatic nitrogens is 4. The van der Waals surface area contributed by atoms with Gasteiger partial charge in [0.05, 0.1) is 19.4 Å². The number of carbonyl (C=O) groups excluding carboxylic acids is 1. The van der Waals surface area contributed by atoms with E-state index in [-0.39, 0.29) is 78.5 Å². The number of carbonyl (C=O) groups is 2. The van der Waals surface area contributed by atoms with E-state index in [0.717, 1.165) is 0 Å². The predicted molar refractivity (Wildman–Crippen MR) is 231 cm³/mol. The van der Waals surface area contributed by atoms with Crippen molar-refractivity contribution in [3.8, 4) is 5.88 Å². The average molecular weight is 906 g/mol. The molecule has 13 nitrogen and oxygen atoms in total. The largest absolute Gasteiger partial charge is 0.478 e. The lowest BCUT2D eigenvalue weighted by atomic mass is 9.85. The summed E-state index contributed by atoms with van der Waals surface area (Å²) in [6.45, 7) is -0.0738. The summed E-state index contributed by atoms with van der Waals surface area (Å²) in [6, 6.07) is 19.5. The van der Waals surface area contributed by atoms with Gasteiger partial charge < -0.3 is 35.3 Å². The Labute approximate surface area is 365 Å². The van der Waals surface area contributed by atoms with E-state index < -0.39 is 65.5 Å². The highest BCUT2D eigenvalue weighted by atomic mass is 31.2. The van der Waals surface area contributed by atoms with Crippen LogP contribution in [0.5, 0.6) is 5.88 Å². The highest BCUT2D eigenvalue weighted by Crippen LogP contribution is 2.62. The molecular formula is C46H35F5N8O5P+. The monoisotopic (exact) mass is 905 g/mol. The summed E-state index contributed by atoms with van der Waals surface area (Å²) in [5.41, 5.74) is 4.65. The number of carboxylic acids is 1. The SMILES string of the molecule is Nc1nc(OCc2ccc(CNC(=O)c3c(F)c(F)c(C(=O)O)c(C4=C5C=CC(=[N+]6CC(F)C6)C=C5P(=O)(c5ccccc5)c5cc(N6CC(F)C6)ccc54)c3F)cc2)c2[nH]cnc2n1. The van der Waals surface area contributed by atoms with Gasteiger partial charge in [0, 0.05) is 51.4 Å². The van der Waals surface area contributed by atoms with Gasteiger partial charge in [0.25, 0.3) is 5.91 Å². The van der Waals surface area contributed by atoms with Gasteiger partial charge in [0.15, 0.2) is 37.5 Å². The zero-order valence-electron chi connectivity index (χ0n) is 33.9. The number of nitrogen functional groups attached to an aromatic ring is 1. The molecule has 328 valence electrons. The van der Waals surface area contributed by atoms with Crippen molar-refractivity contribution in [3.63, 3.8) is 0 Å². The number of halogens is 5. The minimum Gasteiger partial charge on any atom is -0.478 e. The predicted octanol–water partition coefficient (Wildman–Crippen LogP) is 6.11. The first-order valence-electron chi connectivity index (χ1n) is 20.3. The Morgan fingerprint density at radius 2 is 1.65 bits per heavy atom. The molecule has 2 aromatic heterocycles. The number of alkyl halides is 2. The molecular weight excluding hydrogens is 871 g/mol. The van der Waals surface area contributed by atoms with Crippen LogP contribution in [0, 0.1) is 17.5 Å². The normalized spacial score (nSPS) is 19.1. The van der Waals surface area contributed by atoms with Crippen molar-refractivity contribution >= 4 is 63.7 Å². The maximum absolute atomic E-state index is 17.4. The number of amides is 1. The smallest absolute Gasteiger partial charge is 0.339 e. The van der Waals surface area contributed by atoms with Gasteiger partial charge in [0.2, 0.25) is 23.7 Å². The molecule has 1 aliphatic carbocycles. The molecule has 1 unspecified atom stereocenters. The van der Waals surface area contributed by atoms with Gasteiger partial charge in [-0.1, -0.05) is 60.7 Å². The maximum atomic E-state index is 17.4. The molecule has 0 spiro atoms. The van der Waals surface area contributed by atoms with Crippen molar-refractivity contribution in [3.05, 3.63) is 159 Å². The van der Waals surface area contributed by atoms with Gasteiger partial charge in [-0.15, -0.1) is 0 Å². The lowest BCUT2D eigenvalue weighted by Crippen LogP contribution is -2.48. The second-order valence-corrected chi connectivity index (χ2v) is 18.6. The Hall–Kier alpha value is -7.46. The number of carboxylic acid groups (broad SMARTS) is 1. The minimum atomic E-state index is -4.03. The van der Waals surface area contributed by atoms with Crippen LogP contribution in [0.1, 0.15) is 43.0 Å². The number of H-pyrrole nitrogens is 1. The number of fused-ring (bicyclic) bond motifs is 3. The first kappa shape index (κ1) is 41.5. The molecule has 0 bridgehead atoms. The van der Waals surface area contributed by atoms with E-state index in [0.29, 0.717) is 39.0 Å². The van der Waals surface area contributed by atoms with E-state index in [4.69, 9.17) is 10.5 Å². The standard InChI is InChI=1S/C46H34F5N8O5P/c47-25-17-58(18-25)27-10-12-30-32(14-27)65(63,29-4-2-1-3-5-29)33-15-28(59-19-26(48)20-59)11-13-31(33)34(30)35-36(45(61)62)39(50)40(51)37(38(35)49)43(60)53-16-23-6-8-24(9-7-23)21-64-44-41-42(55-22-54-41)56-46(52)57-44/h1-15,22,25-26,52H,16-21H2,(H3,53,60,61,62,63)/p+1. The molecule has 2 saturated heterocycles. The van der Waals surface area contributed by atoms with Crippen LogP contribution in [0.3, 0.4) is 0 Å². The Bertz CT molecular complexity index is 3180. The molecule has 1 amide bonds. The van der Waals surface area contributed by atoms with E-state index in [2.05, 4.69) is 25.3 Å². The molecule has 4 aromatic carbocycles. The maximum Gasteiger partial charge on any atom is 0.339 e. The zero-order valence-corrected chi connectivity index (χ0v) is 34.8. The number of imidazole rings is 1. The fourth-order valence-corrected chi connectivity index (χ4v) is 11.6. The Morgan fingerprint density at radius 1 is 0.923 bits per heavy atom. The zero-order chi connectivity index (χ0) is 45.3. The van der Waals surface area contributed by atoms with Crippen molar-refractivity contribution in [2.24, 2.45) is 0 Å². The van der Waals surface area contributed by atoms with Crippen LogP contribution in [0.15, 0.2) is 108 Å². The highest BCUT2D eigenvalue weighted by molar-refractivity contribution is 7.83. The molecule has 2 fully saturated rings. The van der Waals surface area contributed by atoms with Crippen molar-refractivity contribution in [2.45, 2.75) is 25.5 Å². The number of nitrogens with zero attached hydrogens (tertiary/aromatic N) is 5. The summed E-state index contributed by atoms with van der Waals surface area (Å²) in [5.74, 6) is -8.97. The van der Waals surface area contributed by atoms with Crippen LogP contribution in [0.4, 0.5) is 33.6 Å². The van der Waals surface area contributed by atoms with Gasteiger partial charge in [-0.2, -0.15) is 9.97 Å². The summed E-state index contributed by atoms with van der Waals surface area (Å²) >= 11 is 0. The third-order valence-electron chi connectivity index (χ3n) is 11.8. The molecule has 5 N–H and O–H groups in total. The topological polar surface area (TPSA) is 179 Å². The summed E-state index contributed by atoms with van der Waals surface area (Å²) in [4.78, 5) is 43.5. The minimum absolute atomic E-state index is 0.0197. The van der Waals surface area contributed by atoms with Crippen molar-refractivity contribution in [1.29, 1.82) is 0 Å². The van der Waals surface area contributed by atoms with Gasteiger partial charge >= 0.3 is 5.97 Å². The fourth-order valence-electron chi connectivity index (χ4n) is 8.51. The Kier molecular flexibility index (Phi) is 10.2. The molecule has 6 aromatic rings. The van der Waals surface area contributed by atoms with Gasteiger partial charge in [-0.3, -0.25) is 4.79 Å². The first-order valence-corrected chi connectivity index (χ1v) is 22.0. The fraction of sp³-hybridized carbons (Fsp3) is 0.174. The van der Waals surface area contributed by atoms with Crippen LogP contribution in [0.25, 0.3) is 16.7 Å². The number of anilines is 2. The lowest BCUT2D eigenvalue weighted by molar-refractivity contribution is -0.599. The summed E-state index contributed by atoms with van der Waals surface area (Å²) in [6.07, 6.45) is 3.77. The molecule has 65 heavy (non-hydrogen) atoms. The van der Waals surface area contributed by atoms with Crippen molar-refractivity contribution in [1.82, 2.24) is 25.3 Å². The second kappa shape index (κ2) is 16.0. The average Bonchev–Trinajstić information content (AvgIpc) is 3.76. The van der Waals surface area contributed by atoms with E-state index in [1.54, 1.807) is 88.4 Å². The highest BCUT2D eigenvalue weighted by Gasteiger charge is 2.46. The molecule has 4 aliphatic rings. The summed E-state index contributed by atoms with van der Waals surface area (Å²) in [5, 5.41) is 13.4. The van der Waals surface area contributed by atoms with E-state index >= 15 is 17.7 Å². The van der Waals surface area contributed by atoms with Crippen molar-refractivity contribution < 1.29 is 50.5 Å². The second-order valence-electron chi connectivity index (χ2n) is 15.9. The number of hydrogen-bond donors (Lipinski definition) is 4. The number of aromatic carboxylic acids is 1. The number of nitrogens with one attached hydrogen (secondary N) is 2. The molecule has 19 heteroatoms. The third kappa shape index (κ3) is 7.04. The number of hydrogen-bond acceptors (Lipinski definition) is 9. The third-order valence-corrected chi connectivity index (χ3v) is 15.0. The molecule has 0 radical (unpaired) electrons. The molecule has 10 rings (SSSR count). The summed E-state index contributed by atoms with van der Waals surface area (Å²) < 4.78 is 102. The summed E-state index contributed by atoms with van der Waals surface area (Å²) in [7, 11) is -4.03.